The maximum absolute atomic E-state index is 13.6. The minimum atomic E-state index is -0.330. The maximum atomic E-state index is 13.6. The molecule has 2 aliphatic rings. The van der Waals surface area contributed by atoms with Gasteiger partial charge in [-0.25, -0.2) is 0 Å². The summed E-state index contributed by atoms with van der Waals surface area (Å²) in [6.45, 7) is 9.60. The smallest absolute Gasteiger partial charge is 0.270 e. The van der Waals surface area contributed by atoms with Crippen molar-refractivity contribution in [2.45, 2.75) is 52.9 Å². The zero-order valence-corrected chi connectivity index (χ0v) is 25.3. The van der Waals surface area contributed by atoms with Crippen LogP contribution >= 0.6 is 24.0 Å². The van der Waals surface area contributed by atoms with E-state index in [-0.39, 0.29) is 29.2 Å². The molecule has 40 heavy (non-hydrogen) atoms. The Kier molecular flexibility index (Phi) is 9.23. The number of hydrogen-bond acceptors (Lipinski definition) is 9. The van der Waals surface area contributed by atoms with E-state index in [1.54, 1.807) is 36.7 Å². The number of thioether (sulfide) groups is 1. The molecule has 3 heterocycles. The van der Waals surface area contributed by atoms with Gasteiger partial charge in [-0.1, -0.05) is 30.0 Å². The molecule has 1 aromatic heterocycles. The summed E-state index contributed by atoms with van der Waals surface area (Å²) in [5, 5.41) is 9.84. The maximum Gasteiger partial charge on any atom is 0.270 e. The molecular weight excluding hydrogens is 548 g/mol. The topological polar surface area (TPSA) is 97.0 Å². The molecule has 9 nitrogen and oxygen atoms in total. The Morgan fingerprint density at radius 2 is 1.85 bits per heavy atom. The van der Waals surface area contributed by atoms with E-state index in [2.05, 4.69) is 11.0 Å². The van der Waals surface area contributed by atoms with Crippen LogP contribution < -0.4 is 19.9 Å². The zero-order chi connectivity index (χ0) is 29.1. The Balaban J connectivity index is 1.70. The van der Waals surface area contributed by atoms with Crippen LogP contribution in [0.5, 0.6) is 11.5 Å². The molecule has 2 atom stereocenters. The van der Waals surface area contributed by atoms with Crippen molar-refractivity contribution < 1.29 is 19.0 Å². The van der Waals surface area contributed by atoms with Gasteiger partial charge in [0.1, 0.15) is 21.8 Å². The summed E-state index contributed by atoms with van der Waals surface area (Å²) in [6, 6.07) is 7.75. The SMILES string of the molecule is CCn1c(N2CC(C)OC(C)C2)c(/C=C2/SC(=S)N(CCc3ccc(OC)c(OC)c3)C2=O)c(C)c(C#N)c1=O. The van der Waals surface area contributed by atoms with Crippen molar-refractivity contribution in [3.8, 4) is 17.6 Å². The van der Waals surface area contributed by atoms with Crippen LogP contribution in [0.3, 0.4) is 0 Å². The first-order valence-corrected chi connectivity index (χ1v) is 14.4. The average molecular weight is 583 g/mol. The molecule has 0 saturated carbocycles. The van der Waals surface area contributed by atoms with Gasteiger partial charge in [-0.3, -0.25) is 19.1 Å². The van der Waals surface area contributed by atoms with Gasteiger partial charge in [0, 0.05) is 31.7 Å². The Labute approximate surface area is 244 Å². The summed E-state index contributed by atoms with van der Waals surface area (Å²) in [4.78, 5) is 31.0. The predicted molar refractivity (Wildman–Crippen MR) is 161 cm³/mol. The number of nitriles is 1. The second-order valence-corrected chi connectivity index (χ2v) is 11.5. The van der Waals surface area contributed by atoms with E-state index in [4.69, 9.17) is 26.4 Å². The number of aromatic nitrogens is 1. The molecule has 2 fully saturated rings. The van der Waals surface area contributed by atoms with Gasteiger partial charge in [-0.05, 0) is 63.5 Å². The Morgan fingerprint density at radius 1 is 1.18 bits per heavy atom. The molecule has 212 valence electrons. The van der Waals surface area contributed by atoms with Gasteiger partial charge in [0.25, 0.3) is 11.5 Å². The normalized spacial score (nSPS) is 20.3. The highest BCUT2D eigenvalue weighted by Crippen LogP contribution is 2.37. The van der Waals surface area contributed by atoms with Gasteiger partial charge in [0.2, 0.25) is 0 Å². The van der Waals surface area contributed by atoms with Crippen LogP contribution in [0.25, 0.3) is 6.08 Å². The van der Waals surface area contributed by atoms with E-state index in [0.717, 1.165) is 5.56 Å². The second kappa shape index (κ2) is 12.5. The molecule has 0 aliphatic carbocycles. The number of amides is 1. The molecule has 0 bridgehead atoms. The van der Waals surface area contributed by atoms with Gasteiger partial charge in [-0.2, -0.15) is 5.26 Å². The molecule has 0 spiro atoms. The van der Waals surface area contributed by atoms with Gasteiger partial charge >= 0.3 is 0 Å². The number of thiocarbonyl (C=S) groups is 1. The monoisotopic (exact) mass is 582 g/mol. The lowest BCUT2D eigenvalue weighted by Gasteiger charge is -2.39. The summed E-state index contributed by atoms with van der Waals surface area (Å²) >= 11 is 6.83. The lowest BCUT2D eigenvalue weighted by atomic mass is 10.0. The fraction of sp³-hybridized carbons (Fsp3) is 0.448. The summed E-state index contributed by atoms with van der Waals surface area (Å²) in [5.74, 6) is 1.76. The van der Waals surface area contributed by atoms with Gasteiger partial charge < -0.3 is 19.1 Å². The van der Waals surface area contributed by atoms with Crippen LogP contribution in [0.1, 0.15) is 43.0 Å². The number of benzene rings is 1. The molecule has 11 heteroatoms. The van der Waals surface area contributed by atoms with E-state index in [1.165, 1.54) is 11.8 Å². The minimum Gasteiger partial charge on any atom is -0.493 e. The molecule has 4 rings (SSSR count). The first-order valence-electron chi connectivity index (χ1n) is 13.2. The number of methoxy groups -OCH3 is 2. The van der Waals surface area contributed by atoms with Crippen LogP contribution in [0.2, 0.25) is 0 Å². The molecule has 2 aromatic rings. The molecule has 2 saturated heterocycles. The Hall–Kier alpha value is -3.33. The predicted octanol–water partition coefficient (Wildman–Crippen LogP) is 4.12. The first-order chi connectivity index (χ1) is 19.1. The van der Waals surface area contributed by atoms with E-state index in [9.17, 15) is 14.9 Å². The van der Waals surface area contributed by atoms with Crippen molar-refractivity contribution in [3.05, 3.63) is 55.7 Å². The zero-order valence-electron chi connectivity index (χ0n) is 23.6. The van der Waals surface area contributed by atoms with Crippen LogP contribution in [-0.4, -0.2) is 65.8 Å². The molecule has 2 unspecified atom stereocenters. The number of hydrogen-bond donors (Lipinski definition) is 0. The third-order valence-electron chi connectivity index (χ3n) is 7.10. The number of morpholine rings is 1. The van der Waals surface area contributed by atoms with Crippen LogP contribution in [0.15, 0.2) is 27.9 Å². The van der Waals surface area contributed by atoms with Gasteiger partial charge in [0.15, 0.2) is 11.5 Å². The quantitative estimate of drug-likeness (QED) is 0.336. The van der Waals surface area contributed by atoms with E-state index in [1.807, 2.05) is 39.0 Å². The summed E-state index contributed by atoms with van der Waals surface area (Å²) in [6.07, 6.45) is 2.29. The molecule has 0 radical (unpaired) electrons. The second-order valence-electron chi connectivity index (χ2n) is 9.83. The number of anilines is 1. The fourth-order valence-electron chi connectivity index (χ4n) is 5.23. The highest BCUT2D eigenvalue weighted by Gasteiger charge is 2.34. The van der Waals surface area contributed by atoms with Crippen molar-refractivity contribution in [1.29, 1.82) is 5.26 Å². The minimum absolute atomic E-state index is 0.0391. The molecule has 2 aliphatic heterocycles. The third kappa shape index (κ3) is 5.75. The number of ether oxygens (including phenoxy) is 3. The fourth-order valence-corrected chi connectivity index (χ4v) is 6.52. The lowest BCUT2D eigenvalue weighted by Crippen LogP contribution is -2.48. The largest absolute Gasteiger partial charge is 0.493 e. The van der Waals surface area contributed by atoms with Crippen molar-refractivity contribution in [2.24, 2.45) is 0 Å². The number of rotatable bonds is 8. The summed E-state index contributed by atoms with van der Waals surface area (Å²) in [5.41, 5.74) is 1.96. The average Bonchev–Trinajstić information content (AvgIpc) is 3.19. The number of carbonyl (C=O) groups is 1. The standard InChI is InChI=1S/C29H34N4O5S2/c1-7-32-26(31-15-17(2)38-18(3)16-31)21(19(4)22(14-30)27(32)34)13-25-28(35)33(29(39)40-25)11-10-20-8-9-23(36-5)24(12-20)37-6/h8-9,12-13,17-18H,7,10-11,15-16H2,1-6H3/b25-13+. The number of carbonyl (C=O) groups excluding carboxylic acids is 1. The van der Waals surface area contributed by atoms with Crippen molar-refractivity contribution >= 4 is 46.1 Å². The van der Waals surface area contributed by atoms with Crippen LogP contribution in [0.4, 0.5) is 5.82 Å². The molecule has 0 N–H and O–H groups in total. The first kappa shape index (κ1) is 29.6. The van der Waals surface area contributed by atoms with Crippen LogP contribution in [0, 0.1) is 18.3 Å². The van der Waals surface area contributed by atoms with Crippen molar-refractivity contribution in [3.63, 3.8) is 0 Å². The van der Waals surface area contributed by atoms with Crippen molar-refractivity contribution in [1.82, 2.24) is 9.47 Å². The van der Waals surface area contributed by atoms with E-state index >= 15 is 0 Å². The molecule has 1 amide bonds. The van der Waals surface area contributed by atoms with Gasteiger partial charge in [-0.15, -0.1) is 0 Å². The lowest BCUT2D eigenvalue weighted by molar-refractivity contribution is -0.122. The van der Waals surface area contributed by atoms with E-state index in [0.29, 0.717) is 70.3 Å². The van der Waals surface area contributed by atoms with Crippen LogP contribution in [-0.2, 0) is 22.5 Å². The third-order valence-corrected chi connectivity index (χ3v) is 8.48. The Bertz CT molecular complexity index is 1450. The summed E-state index contributed by atoms with van der Waals surface area (Å²) in [7, 11) is 3.17. The molecule has 1 aromatic carbocycles. The highest BCUT2D eigenvalue weighted by atomic mass is 32.2. The Morgan fingerprint density at radius 3 is 2.45 bits per heavy atom. The highest BCUT2D eigenvalue weighted by molar-refractivity contribution is 8.26. The van der Waals surface area contributed by atoms with E-state index < -0.39 is 0 Å². The molecular formula is C29H34N4O5S2. The number of pyridine rings is 1. The van der Waals surface area contributed by atoms with Crippen molar-refractivity contribution in [2.75, 3.05) is 38.8 Å². The number of nitrogens with zero attached hydrogens (tertiary/aromatic N) is 4. The van der Waals surface area contributed by atoms with Gasteiger partial charge in [0.05, 0.1) is 31.3 Å². The summed E-state index contributed by atoms with van der Waals surface area (Å²) < 4.78 is 18.7.